The molecule has 1 aromatic rings. The molecule has 0 unspecified atom stereocenters. The Morgan fingerprint density at radius 3 is 2.63 bits per heavy atom. The summed E-state index contributed by atoms with van der Waals surface area (Å²) in [5.74, 6) is -1.11. The van der Waals surface area contributed by atoms with Gasteiger partial charge in [-0.25, -0.2) is 0 Å². The summed E-state index contributed by atoms with van der Waals surface area (Å²) < 4.78 is 0. The third kappa shape index (κ3) is 6.01. The predicted octanol–water partition coefficient (Wildman–Crippen LogP) is 1.73. The molecule has 0 spiro atoms. The van der Waals surface area contributed by atoms with Gasteiger partial charge in [0.05, 0.1) is 13.1 Å². The number of aryl methyl sites for hydroxylation is 1. The number of nitrogens with one attached hydrogen (secondary N) is 1. The van der Waals surface area contributed by atoms with Crippen LogP contribution in [-0.2, 0) is 9.59 Å². The van der Waals surface area contributed by atoms with Crippen LogP contribution in [0.15, 0.2) is 24.3 Å². The van der Waals surface area contributed by atoms with Gasteiger partial charge in [0.1, 0.15) is 0 Å². The molecular weight excluding hydrogens is 244 g/mol. The summed E-state index contributed by atoms with van der Waals surface area (Å²) in [6, 6.07) is 7.50. The van der Waals surface area contributed by atoms with Crippen molar-refractivity contribution in [3.8, 4) is 0 Å². The van der Waals surface area contributed by atoms with Crippen molar-refractivity contribution in [2.24, 2.45) is 0 Å². The van der Waals surface area contributed by atoms with E-state index in [9.17, 15) is 9.59 Å². The van der Waals surface area contributed by atoms with Gasteiger partial charge in [-0.15, -0.1) is 0 Å². The fourth-order valence-electron chi connectivity index (χ4n) is 1.85. The van der Waals surface area contributed by atoms with E-state index < -0.39 is 5.97 Å². The highest BCUT2D eigenvalue weighted by molar-refractivity contribution is 5.92. The molecule has 0 radical (unpaired) electrons. The molecule has 0 bridgehead atoms. The maximum Gasteiger partial charge on any atom is 0.317 e. The number of rotatable bonds is 7. The van der Waals surface area contributed by atoms with E-state index in [0.717, 1.165) is 17.7 Å². The molecule has 5 heteroatoms. The van der Waals surface area contributed by atoms with Crippen molar-refractivity contribution >= 4 is 17.6 Å². The van der Waals surface area contributed by atoms with E-state index in [1.54, 1.807) is 4.90 Å². The van der Waals surface area contributed by atoms with E-state index in [1.807, 2.05) is 38.1 Å². The molecule has 0 aliphatic carbocycles. The Morgan fingerprint density at radius 2 is 2.05 bits per heavy atom. The average Bonchev–Trinajstić information content (AvgIpc) is 2.27. The summed E-state index contributed by atoms with van der Waals surface area (Å²) in [5, 5.41) is 11.5. The zero-order valence-electron chi connectivity index (χ0n) is 11.3. The van der Waals surface area contributed by atoms with E-state index in [4.69, 9.17) is 5.11 Å². The lowest BCUT2D eigenvalue weighted by Crippen LogP contribution is -2.37. The Hall–Kier alpha value is -1.88. The lowest BCUT2D eigenvalue weighted by Gasteiger charge is -2.18. The van der Waals surface area contributed by atoms with Crippen LogP contribution in [-0.4, -0.2) is 41.5 Å². The second-order valence-electron chi connectivity index (χ2n) is 4.52. The van der Waals surface area contributed by atoms with E-state index >= 15 is 0 Å². The number of hydrogen-bond donors (Lipinski definition) is 2. The smallest absolute Gasteiger partial charge is 0.317 e. The van der Waals surface area contributed by atoms with Crippen LogP contribution in [0.5, 0.6) is 0 Å². The van der Waals surface area contributed by atoms with Crippen molar-refractivity contribution in [3.05, 3.63) is 29.8 Å². The van der Waals surface area contributed by atoms with Crippen molar-refractivity contribution in [3.63, 3.8) is 0 Å². The fraction of sp³-hybridized carbons (Fsp3) is 0.429. The zero-order chi connectivity index (χ0) is 14.3. The van der Waals surface area contributed by atoms with Crippen LogP contribution in [0.2, 0.25) is 0 Å². The van der Waals surface area contributed by atoms with Gasteiger partial charge >= 0.3 is 5.97 Å². The summed E-state index contributed by atoms with van der Waals surface area (Å²) in [6.07, 6.45) is 0.811. The van der Waals surface area contributed by atoms with Gasteiger partial charge in [-0.05, 0) is 37.6 Å². The molecular formula is C14H20N2O3. The Kier molecular flexibility index (Phi) is 6.02. The highest BCUT2D eigenvalue weighted by atomic mass is 16.4. The lowest BCUT2D eigenvalue weighted by atomic mass is 10.2. The highest BCUT2D eigenvalue weighted by Crippen LogP contribution is 2.09. The molecule has 19 heavy (non-hydrogen) atoms. The van der Waals surface area contributed by atoms with Gasteiger partial charge in [-0.3, -0.25) is 14.5 Å². The molecule has 1 rings (SSSR count). The minimum Gasteiger partial charge on any atom is -0.480 e. The van der Waals surface area contributed by atoms with Crippen LogP contribution in [0.25, 0.3) is 0 Å². The van der Waals surface area contributed by atoms with Gasteiger partial charge in [0.15, 0.2) is 0 Å². The molecule has 104 valence electrons. The number of nitrogens with zero attached hydrogens (tertiary/aromatic N) is 1. The molecule has 0 atom stereocenters. The van der Waals surface area contributed by atoms with Crippen LogP contribution in [0, 0.1) is 6.92 Å². The van der Waals surface area contributed by atoms with Gasteiger partial charge < -0.3 is 10.4 Å². The number of amides is 1. The first-order valence-electron chi connectivity index (χ1n) is 6.32. The van der Waals surface area contributed by atoms with Crippen LogP contribution >= 0.6 is 0 Å². The summed E-state index contributed by atoms with van der Waals surface area (Å²) >= 11 is 0. The van der Waals surface area contributed by atoms with Crippen molar-refractivity contribution in [1.82, 2.24) is 4.90 Å². The van der Waals surface area contributed by atoms with Crippen LogP contribution in [0.3, 0.4) is 0 Å². The lowest BCUT2D eigenvalue weighted by molar-refractivity contribution is -0.138. The summed E-state index contributed by atoms with van der Waals surface area (Å²) in [5.41, 5.74) is 1.80. The molecule has 5 nitrogen and oxygen atoms in total. The third-order valence-electron chi connectivity index (χ3n) is 2.57. The van der Waals surface area contributed by atoms with Crippen LogP contribution in [0.1, 0.15) is 18.9 Å². The molecule has 0 aromatic heterocycles. The number of hydrogen-bond acceptors (Lipinski definition) is 3. The quantitative estimate of drug-likeness (QED) is 0.787. The summed E-state index contributed by atoms with van der Waals surface area (Å²) in [6.45, 7) is 4.47. The van der Waals surface area contributed by atoms with Gasteiger partial charge in [-0.2, -0.15) is 0 Å². The van der Waals surface area contributed by atoms with E-state index in [1.165, 1.54) is 0 Å². The second-order valence-corrected chi connectivity index (χ2v) is 4.52. The van der Waals surface area contributed by atoms with Crippen molar-refractivity contribution < 1.29 is 14.7 Å². The van der Waals surface area contributed by atoms with E-state index in [-0.39, 0.29) is 19.0 Å². The highest BCUT2D eigenvalue weighted by Gasteiger charge is 2.13. The average molecular weight is 264 g/mol. The molecule has 2 N–H and O–H groups in total. The number of aliphatic carboxylic acids is 1. The number of carbonyl (C=O) groups is 2. The Labute approximate surface area is 113 Å². The number of benzene rings is 1. The molecule has 0 heterocycles. The fourth-order valence-corrected chi connectivity index (χ4v) is 1.85. The van der Waals surface area contributed by atoms with Gasteiger partial charge in [0, 0.05) is 5.69 Å². The minimum absolute atomic E-state index is 0.0914. The first-order valence-corrected chi connectivity index (χ1v) is 6.32. The number of carboxylic acids is 1. The van der Waals surface area contributed by atoms with Gasteiger partial charge in [-0.1, -0.05) is 19.1 Å². The molecule has 0 fully saturated rings. The minimum atomic E-state index is -0.920. The molecule has 0 saturated heterocycles. The Morgan fingerprint density at radius 1 is 1.32 bits per heavy atom. The van der Waals surface area contributed by atoms with E-state index in [2.05, 4.69) is 5.32 Å². The summed E-state index contributed by atoms with van der Waals surface area (Å²) in [7, 11) is 0. The third-order valence-corrected chi connectivity index (χ3v) is 2.57. The van der Waals surface area contributed by atoms with Gasteiger partial charge in [0.2, 0.25) is 5.91 Å². The first-order chi connectivity index (χ1) is 9.01. The van der Waals surface area contributed by atoms with Crippen molar-refractivity contribution in [1.29, 1.82) is 0 Å². The molecule has 1 aromatic carbocycles. The topological polar surface area (TPSA) is 69.6 Å². The molecule has 0 aliphatic rings. The van der Waals surface area contributed by atoms with E-state index in [0.29, 0.717) is 6.54 Å². The second kappa shape index (κ2) is 7.53. The maximum absolute atomic E-state index is 11.8. The largest absolute Gasteiger partial charge is 0.480 e. The number of carboxylic acid groups (broad SMARTS) is 1. The Balaban J connectivity index is 2.54. The normalized spacial score (nSPS) is 10.5. The zero-order valence-corrected chi connectivity index (χ0v) is 11.3. The van der Waals surface area contributed by atoms with Crippen LogP contribution < -0.4 is 5.32 Å². The number of anilines is 1. The molecule has 0 aliphatic heterocycles. The summed E-state index contributed by atoms with van der Waals surface area (Å²) in [4.78, 5) is 24.2. The predicted molar refractivity (Wildman–Crippen MR) is 74.2 cm³/mol. The first kappa shape index (κ1) is 15.2. The molecule has 1 amide bonds. The monoisotopic (exact) mass is 264 g/mol. The van der Waals surface area contributed by atoms with Crippen molar-refractivity contribution in [2.45, 2.75) is 20.3 Å². The van der Waals surface area contributed by atoms with Crippen molar-refractivity contribution in [2.75, 3.05) is 25.0 Å². The maximum atomic E-state index is 11.8. The molecule has 0 saturated carbocycles. The standard InChI is InChI=1S/C14H20N2O3/c1-3-7-16(10-14(18)19)9-13(17)15-12-6-4-5-11(2)8-12/h4-6,8H,3,7,9-10H2,1-2H3,(H,15,17)(H,18,19). The SMILES string of the molecule is CCCN(CC(=O)O)CC(=O)Nc1cccc(C)c1. The van der Waals surface area contributed by atoms with Gasteiger partial charge in [0.25, 0.3) is 0 Å². The number of carbonyl (C=O) groups excluding carboxylic acids is 1. The Bertz CT molecular complexity index is 446. The van der Waals surface area contributed by atoms with Crippen LogP contribution in [0.4, 0.5) is 5.69 Å².